The lowest BCUT2D eigenvalue weighted by molar-refractivity contribution is 0.0696. The third-order valence-electron chi connectivity index (χ3n) is 3.66. The molecule has 0 aliphatic carbocycles. The molecule has 0 saturated heterocycles. The highest BCUT2D eigenvalue weighted by Gasteiger charge is 2.15. The number of aromatic nitrogens is 2. The molecule has 0 saturated carbocycles. The molecule has 0 spiro atoms. The molecule has 3 aromatic rings. The number of hydrogen-bond donors (Lipinski definition) is 2. The second-order valence-electron chi connectivity index (χ2n) is 5.04. The molecule has 0 radical (unpaired) electrons. The molecule has 23 heavy (non-hydrogen) atoms. The first-order chi connectivity index (χ1) is 10.7. The molecule has 1 aromatic carbocycles. The van der Waals surface area contributed by atoms with E-state index < -0.39 is 5.97 Å². The minimum atomic E-state index is -0.985. The fourth-order valence-electron chi connectivity index (χ4n) is 2.61. The van der Waals surface area contributed by atoms with E-state index in [4.69, 9.17) is 5.11 Å². The summed E-state index contributed by atoms with van der Waals surface area (Å²) in [6.45, 7) is 0. The van der Waals surface area contributed by atoms with E-state index in [1.165, 1.54) is 6.20 Å². The Morgan fingerprint density at radius 1 is 1.22 bits per heavy atom. The molecular weight excluding hydrogens is 314 g/mol. The van der Waals surface area contributed by atoms with Crippen LogP contribution in [0.3, 0.4) is 0 Å². The Hall–Kier alpha value is -2.92. The molecule has 0 fully saturated rings. The van der Waals surface area contributed by atoms with Gasteiger partial charge in [0.25, 0.3) is 0 Å². The van der Waals surface area contributed by atoms with Crippen LogP contribution < -0.4 is 0 Å². The molecular formula is C17H12ClN3O2. The molecule has 0 bridgehead atoms. The van der Waals surface area contributed by atoms with E-state index in [0.717, 1.165) is 33.4 Å². The molecule has 0 amide bonds. The number of allylic oxidation sites excluding steroid dienone is 1. The van der Waals surface area contributed by atoms with E-state index >= 15 is 0 Å². The number of benzene rings is 1. The largest absolute Gasteiger partial charge is 0.478 e. The first-order valence-corrected chi connectivity index (χ1v) is 6.78. The van der Waals surface area contributed by atoms with Crippen molar-refractivity contribution < 1.29 is 9.90 Å². The van der Waals surface area contributed by atoms with Crippen LogP contribution in [0.25, 0.3) is 28.2 Å². The normalized spacial score (nSPS) is 14.8. The molecule has 114 valence electrons. The van der Waals surface area contributed by atoms with Crippen LogP contribution in [0, 0.1) is 0 Å². The van der Waals surface area contributed by atoms with Gasteiger partial charge in [0.2, 0.25) is 0 Å². The zero-order valence-corrected chi connectivity index (χ0v) is 12.7. The molecule has 4 rings (SSSR count). The summed E-state index contributed by atoms with van der Waals surface area (Å²) in [5, 5.41) is 10.2. The smallest absolute Gasteiger partial charge is 0.337 e. The molecule has 6 heteroatoms. The molecule has 3 heterocycles. The van der Waals surface area contributed by atoms with Crippen molar-refractivity contribution in [2.24, 2.45) is 4.99 Å². The van der Waals surface area contributed by atoms with Crippen LogP contribution in [0.15, 0.2) is 47.7 Å². The van der Waals surface area contributed by atoms with Gasteiger partial charge in [0.1, 0.15) is 0 Å². The number of pyridine rings is 1. The van der Waals surface area contributed by atoms with Gasteiger partial charge in [-0.15, -0.1) is 12.4 Å². The van der Waals surface area contributed by atoms with Crippen molar-refractivity contribution in [1.29, 1.82) is 0 Å². The summed E-state index contributed by atoms with van der Waals surface area (Å²) in [5.41, 5.74) is 4.36. The standard InChI is InChI=1S/C17H11N3O2.ClH/c21-17(22)12-6-11-2-1-4-18-15-8-14-10(3-5-19-14)7-13(15)16(11)20-9-12;/h1-9,19H,(H,21,22);1H/b2-1-,4-1?,11-2?,16-13?,18-4-,18-15?;. The van der Waals surface area contributed by atoms with Gasteiger partial charge in [-0.05, 0) is 30.3 Å². The Balaban J connectivity index is 0.00000156. The van der Waals surface area contributed by atoms with Gasteiger partial charge < -0.3 is 10.1 Å². The van der Waals surface area contributed by atoms with Gasteiger partial charge in [0, 0.05) is 40.6 Å². The van der Waals surface area contributed by atoms with E-state index in [1.807, 2.05) is 30.5 Å². The zero-order valence-electron chi connectivity index (χ0n) is 11.9. The van der Waals surface area contributed by atoms with E-state index in [-0.39, 0.29) is 18.0 Å². The summed E-state index contributed by atoms with van der Waals surface area (Å²) >= 11 is 0. The van der Waals surface area contributed by atoms with Crippen LogP contribution in [-0.2, 0) is 0 Å². The van der Waals surface area contributed by atoms with Crippen LogP contribution in [0.4, 0.5) is 5.69 Å². The van der Waals surface area contributed by atoms with Crippen LogP contribution in [0.1, 0.15) is 15.9 Å². The first-order valence-electron chi connectivity index (χ1n) is 6.78. The Kier molecular flexibility index (Phi) is 3.72. The summed E-state index contributed by atoms with van der Waals surface area (Å²) < 4.78 is 0. The van der Waals surface area contributed by atoms with Gasteiger partial charge in [-0.25, -0.2) is 4.79 Å². The van der Waals surface area contributed by atoms with Crippen molar-refractivity contribution in [2.75, 3.05) is 0 Å². The Morgan fingerprint density at radius 2 is 2.09 bits per heavy atom. The summed E-state index contributed by atoms with van der Waals surface area (Å²) in [6.07, 6.45) is 8.56. The van der Waals surface area contributed by atoms with Gasteiger partial charge in [-0.2, -0.15) is 0 Å². The quantitative estimate of drug-likeness (QED) is 0.707. The maximum Gasteiger partial charge on any atom is 0.337 e. The van der Waals surface area contributed by atoms with Gasteiger partial charge >= 0.3 is 5.97 Å². The number of hydrogen-bond acceptors (Lipinski definition) is 3. The Bertz CT molecular complexity index is 973. The fraction of sp³-hybridized carbons (Fsp3) is 0. The summed E-state index contributed by atoms with van der Waals surface area (Å²) in [4.78, 5) is 23.1. The van der Waals surface area contributed by atoms with E-state index in [9.17, 15) is 4.79 Å². The lowest BCUT2D eigenvalue weighted by Crippen LogP contribution is -2.00. The Labute approximate surface area is 137 Å². The van der Waals surface area contributed by atoms with Crippen molar-refractivity contribution in [1.82, 2.24) is 9.97 Å². The molecule has 5 nitrogen and oxygen atoms in total. The van der Waals surface area contributed by atoms with E-state index in [0.29, 0.717) is 0 Å². The van der Waals surface area contributed by atoms with Crippen molar-refractivity contribution in [3.05, 3.63) is 53.9 Å². The fourth-order valence-corrected chi connectivity index (χ4v) is 2.61. The predicted molar refractivity (Wildman–Crippen MR) is 92.9 cm³/mol. The Morgan fingerprint density at radius 3 is 2.91 bits per heavy atom. The highest BCUT2D eigenvalue weighted by Crippen LogP contribution is 2.36. The number of aliphatic imine (C=N–C) groups is 1. The van der Waals surface area contributed by atoms with Crippen LogP contribution in [-0.4, -0.2) is 27.3 Å². The van der Waals surface area contributed by atoms with E-state index in [2.05, 4.69) is 15.0 Å². The highest BCUT2D eigenvalue weighted by molar-refractivity contribution is 5.97. The third-order valence-corrected chi connectivity index (χ3v) is 3.66. The summed E-state index contributed by atoms with van der Waals surface area (Å²) in [6, 6.07) is 7.60. The van der Waals surface area contributed by atoms with Crippen molar-refractivity contribution in [2.45, 2.75) is 0 Å². The van der Waals surface area contributed by atoms with Gasteiger partial charge in [-0.3, -0.25) is 9.98 Å². The topological polar surface area (TPSA) is 78.3 Å². The molecule has 0 atom stereocenters. The highest BCUT2D eigenvalue weighted by atomic mass is 35.5. The first kappa shape index (κ1) is 15.0. The monoisotopic (exact) mass is 325 g/mol. The average Bonchev–Trinajstić information content (AvgIpc) is 2.95. The number of H-pyrrole nitrogens is 1. The van der Waals surface area contributed by atoms with Crippen LogP contribution in [0.5, 0.6) is 0 Å². The number of carboxylic acids is 1. The molecule has 1 aliphatic heterocycles. The van der Waals surface area contributed by atoms with Crippen LogP contribution >= 0.6 is 12.4 Å². The second kappa shape index (κ2) is 5.70. The number of aromatic carboxylic acids is 1. The molecule has 1 aliphatic rings. The average molecular weight is 326 g/mol. The number of carboxylic acid groups (broad SMARTS) is 1. The van der Waals surface area contributed by atoms with Gasteiger partial charge in [0.05, 0.1) is 16.9 Å². The lowest BCUT2D eigenvalue weighted by atomic mass is 10.00. The van der Waals surface area contributed by atoms with Gasteiger partial charge in [-0.1, -0.05) is 6.08 Å². The van der Waals surface area contributed by atoms with Crippen molar-refractivity contribution in [3.63, 3.8) is 0 Å². The second-order valence-corrected chi connectivity index (χ2v) is 5.04. The van der Waals surface area contributed by atoms with Crippen molar-refractivity contribution in [3.8, 4) is 11.3 Å². The minimum Gasteiger partial charge on any atom is -0.478 e. The molecule has 2 aromatic heterocycles. The zero-order chi connectivity index (χ0) is 15.1. The predicted octanol–water partition coefficient (Wildman–Crippen LogP) is 4.08. The SMILES string of the molecule is Cl.O=C(O)c1cnc2c(c1)/C=C\C=N/c1cc3[nH]ccc3cc1-2. The number of fused-ring (bicyclic) bond motifs is 4. The lowest BCUT2D eigenvalue weighted by Gasteiger charge is -2.11. The van der Waals surface area contributed by atoms with Gasteiger partial charge in [0.15, 0.2) is 0 Å². The molecule has 0 unspecified atom stereocenters. The molecule has 2 N–H and O–H groups in total. The van der Waals surface area contributed by atoms with E-state index in [1.54, 1.807) is 18.4 Å². The number of nitrogens with one attached hydrogen (secondary N) is 1. The van der Waals surface area contributed by atoms with Crippen molar-refractivity contribution >= 4 is 47.3 Å². The number of nitrogens with zero attached hydrogens (tertiary/aromatic N) is 2. The number of aromatic amines is 1. The summed E-state index contributed by atoms with van der Waals surface area (Å²) in [7, 11) is 0. The number of carbonyl (C=O) groups is 1. The number of rotatable bonds is 1. The summed E-state index contributed by atoms with van der Waals surface area (Å²) in [5.74, 6) is -0.985. The third kappa shape index (κ3) is 2.51. The minimum absolute atomic E-state index is 0. The maximum absolute atomic E-state index is 11.1. The number of halogens is 1. The maximum atomic E-state index is 11.1. The van der Waals surface area contributed by atoms with Crippen LogP contribution in [0.2, 0.25) is 0 Å².